The fraction of sp³-hybridized carbons (Fsp3) is 0.368. The largest absolute Gasteiger partial charge is 0.362 e. The van der Waals surface area contributed by atoms with Gasteiger partial charge < -0.3 is 5.32 Å². The van der Waals surface area contributed by atoms with Crippen molar-refractivity contribution in [2.24, 2.45) is 0 Å². The van der Waals surface area contributed by atoms with Crippen LogP contribution in [0.1, 0.15) is 44.9 Å². The Kier molecular flexibility index (Phi) is 4.20. The zero-order valence-electron chi connectivity index (χ0n) is 13.2. The molecule has 0 spiro atoms. The number of rotatable bonds is 0. The molecule has 0 aromatic rings. The van der Waals surface area contributed by atoms with Gasteiger partial charge >= 0.3 is 0 Å². The normalized spacial score (nSPS) is 19.0. The fourth-order valence-electron chi connectivity index (χ4n) is 3.78. The van der Waals surface area contributed by atoms with E-state index in [0.29, 0.717) is 6.42 Å². The van der Waals surface area contributed by atoms with Crippen molar-refractivity contribution >= 4 is 0 Å². The van der Waals surface area contributed by atoms with Gasteiger partial charge in [-0.2, -0.15) is 21.0 Å². The van der Waals surface area contributed by atoms with Crippen molar-refractivity contribution in [3.63, 3.8) is 0 Å². The molecule has 0 radical (unpaired) electrons. The maximum atomic E-state index is 9.24. The third-order valence-corrected chi connectivity index (χ3v) is 4.87. The maximum absolute atomic E-state index is 9.24. The summed E-state index contributed by atoms with van der Waals surface area (Å²) in [6, 6.07) is 8.03. The van der Waals surface area contributed by atoms with Crippen LogP contribution in [0.25, 0.3) is 0 Å². The number of nitrogens with zero attached hydrogens (tertiary/aromatic N) is 4. The maximum Gasteiger partial charge on any atom is 0.133 e. The minimum Gasteiger partial charge on any atom is -0.362 e. The van der Waals surface area contributed by atoms with Crippen molar-refractivity contribution in [2.45, 2.75) is 44.9 Å². The summed E-state index contributed by atoms with van der Waals surface area (Å²) in [6.07, 6.45) is 5.69. The molecule has 0 saturated carbocycles. The predicted octanol–water partition coefficient (Wildman–Crippen LogP) is 3.54. The number of dihydropyridines is 1. The van der Waals surface area contributed by atoms with Gasteiger partial charge in [-0.15, -0.1) is 0 Å². The zero-order valence-corrected chi connectivity index (χ0v) is 13.2. The molecule has 0 amide bonds. The van der Waals surface area contributed by atoms with Crippen LogP contribution in [0.3, 0.4) is 0 Å². The van der Waals surface area contributed by atoms with E-state index in [1.165, 1.54) is 0 Å². The molecule has 5 nitrogen and oxygen atoms in total. The molecule has 116 valence electrons. The third kappa shape index (κ3) is 2.48. The van der Waals surface area contributed by atoms with Crippen LogP contribution in [0.5, 0.6) is 0 Å². The molecule has 0 unspecified atom stereocenters. The van der Waals surface area contributed by atoms with Crippen LogP contribution in [0.2, 0.25) is 0 Å². The minimum atomic E-state index is 0.176. The van der Waals surface area contributed by atoms with Gasteiger partial charge in [-0.05, 0) is 60.8 Å². The molecule has 24 heavy (non-hydrogen) atoms. The molecule has 0 bridgehead atoms. The average Bonchev–Trinajstić information content (AvgIpc) is 2.62. The Morgan fingerprint density at radius 3 is 1.46 bits per heavy atom. The zero-order chi connectivity index (χ0) is 17.1. The molecule has 1 heterocycles. The summed E-state index contributed by atoms with van der Waals surface area (Å²) in [5.74, 6) is 0. The molecule has 0 atom stereocenters. The first-order valence-electron chi connectivity index (χ1n) is 8.02. The van der Waals surface area contributed by atoms with Crippen LogP contribution >= 0.6 is 0 Å². The lowest BCUT2D eigenvalue weighted by Gasteiger charge is -2.35. The Balaban J connectivity index is 2.10. The van der Waals surface area contributed by atoms with E-state index in [1.54, 1.807) is 0 Å². The van der Waals surface area contributed by atoms with Gasteiger partial charge in [-0.25, -0.2) is 0 Å². The number of nitriles is 4. The van der Waals surface area contributed by atoms with Crippen molar-refractivity contribution in [1.82, 2.24) is 5.32 Å². The smallest absolute Gasteiger partial charge is 0.133 e. The van der Waals surface area contributed by atoms with E-state index in [2.05, 4.69) is 5.32 Å². The summed E-state index contributed by atoms with van der Waals surface area (Å²) in [4.78, 5) is 0. The molecule has 0 aromatic heterocycles. The molecule has 1 N–H and O–H groups in total. The summed E-state index contributed by atoms with van der Waals surface area (Å²) >= 11 is 0. The highest BCUT2D eigenvalue weighted by atomic mass is 14.9. The third-order valence-electron chi connectivity index (χ3n) is 4.87. The van der Waals surface area contributed by atoms with E-state index in [4.69, 9.17) is 0 Å². The molecular weight excluding hydrogens is 298 g/mol. The van der Waals surface area contributed by atoms with Gasteiger partial charge in [0.25, 0.3) is 0 Å². The standard InChI is InChI=1S/C19H15N5/c20-8-12(9-21)14-3-1-5-18-16(14)7-17-15(13(10-22)11-23)4-2-6-19(17)24-18/h24H,1-7H2. The SMILES string of the molecule is N#CC(C#N)=C1CCCC2=C1CC1=C(CCCC1=C(C#N)C#N)N2. The lowest BCUT2D eigenvalue weighted by molar-refractivity contribution is 0.626. The topological polar surface area (TPSA) is 107 Å². The summed E-state index contributed by atoms with van der Waals surface area (Å²) in [6.45, 7) is 0. The lowest BCUT2D eigenvalue weighted by Crippen LogP contribution is -2.27. The van der Waals surface area contributed by atoms with E-state index < -0.39 is 0 Å². The Labute approximate surface area is 141 Å². The van der Waals surface area contributed by atoms with Gasteiger partial charge in [-0.1, -0.05) is 0 Å². The molecule has 0 saturated heterocycles. The van der Waals surface area contributed by atoms with Crippen molar-refractivity contribution in [1.29, 1.82) is 21.0 Å². The quantitative estimate of drug-likeness (QED) is 0.688. The van der Waals surface area contributed by atoms with Gasteiger partial charge in [0.05, 0.1) is 0 Å². The van der Waals surface area contributed by atoms with Gasteiger partial charge in [-0.3, -0.25) is 0 Å². The number of hydrogen-bond acceptors (Lipinski definition) is 5. The van der Waals surface area contributed by atoms with Crippen LogP contribution in [0.15, 0.2) is 44.8 Å². The molecule has 2 aliphatic carbocycles. The minimum absolute atomic E-state index is 0.176. The average molecular weight is 313 g/mol. The van der Waals surface area contributed by atoms with Crippen LogP contribution in [-0.2, 0) is 0 Å². The highest BCUT2D eigenvalue weighted by Crippen LogP contribution is 2.43. The first kappa shape index (κ1) is 15.6. The van der Waals surface area contributed by atoms with E-state index in [9.17, 15) is 21.0 Å². The number of hydrogen-bond donors (Lipinski definition) is 1. The second-order valence-electron chi connectivity index (χ2n) is 6.08. The van der Waals surface area contributed by atoms with Crippen molar-refractivity contribution in [3.8, 4) is 24.3 Å². The molecule has 5 heteroatoms. The number of allylic oxidation sites excluding steroid dienone is 8. The highest BCUT2D eigenvalue weighted by Gasteiger charge is 2.31. The van der Waals surface area contributed by atoms with Gasteiger partial charge in [0.1, 0.15) is 35.4 Å². The highest BCUT2D eigenvalue weighted by molar-refractivity contribution is 5.60. The van der Waals surface area contributed by atoms with Gasteiger partial charge in [0.2, 0.25) is 0 Å². The summed E-state index contributed by atoms with van der Waals surface area (Å²) in [5.41, 5.74) is 6.19. The van der Waals surface area contributed by atoms with Crippen molar-refractivity contribution in [2.75, 3.05) is 0 Å². The monoisotopic (exact) mass is 313 g/mol. The van der Waals surface area contributed by atoms with Crippen molar-refractivity contribution in [3.05, 3.63) is 44.8 Å². The Morgan fingerprint density at radius 2 is 1.08 bits per heavy atom. The van der Waals surface area contributed by atoms with Crippen LogP contribution < -0.4 is 5.32 Å². The molecule has 3 aliphatic rings. The molecule has 0 aromatic carbocycles. The Hall–Kier alpha value is -3.28. The van der Waals surface area contributed by atoms with Crippen molar-refractivity contribution < 1.29 is 0 Å². The summed E-state index contributed by atoms with van der Waals surface area (Å²) in [5, 5.41) is 40.4. The summed E-state index contributed by atoms with van der Waals surface area (Å²) < 4.78 is 0. The second kappa shape index (κ2) is 6.45. The van der Waals surface area contributed by atoms with E-state index in [1.807, 2.05) is 24.3 Å². The number of nitrogens with one attached hydrogen (secondary N) is 1. The molecule has 1 aliphatic heterocycles. The van der Waals surface area contributed by atoms with Gasteiger partial charge in [0, 0.05) is 17.8 Å². The molecular formula is C19H15N5. The van der Waals surface area contributed by atoms with Gasteiger partial charge in [0.15, 0.2) is 0 Å². The second-order valence-corrected chi connectivity index (χ2v) is 6.08. The molecule has 3 rings (SSSR count). The Morgan fingerprint density at radius 1 is 0.667 bits per heavy atom. The van der Waals surface area contributed by atoms with E-state index in [0.717, 1.165) is 72.2 Å². The first-order chi connectivity index (χ1) is 11.7. The first-order valence-corrected chi connectivity index (χ1v) is 8.02. The predicted molar refractivity (Wildman–Crippen MR) is 86.0 cm³/mol. The van der Waals surface area contributed by atoms with E-state index in [-0.39, 0.29) is 11.1 Å². The van der Waals surface area contributed by atoms with Crippen LogP contribution in [0.4, 0.5) is 0 Å². The van der Waals surface area contributed by atoms with E-state index >= 15 is 0 Å². The fourth-order valence-corrected chi connectivity index (χ4v) is 3.78. The summed E-state index contributed by atoms with van der Waals surface area (Å²) in [7, 11) is 0. The van der Waals surface area contributed by atoms with Crippen LogP contribution in [-0.4, -0.2) is 0 Å². The lowest BCUT2D eigenvalue weighted by atomic mass is 9.76. The molecule has 0 fully saturated rings. The Bertz CT molecular complexity index is 791. The van der Waals surface area contributed by atoms with Crippen LogP contribution in [0, 0.1) is 45.3 Å².